The van der Waals surface area contributed by atoms with Crippen molar-refractivity contribution in [2.45, 2.75) is 92.4 Å². The third-order valence-electron chi connectivity index (χ3n) is 4.41. The Hall–Kier alpha value is -1.02. The van der Waals surface area contributed by atoms with Crippen molar-refractivity contribution in [2.75, 3.05) is 13.2 Å². The highest BCUT2D eigenvalue weighted by Gasteiger charge is 2.27. The smallest absolute Gasteiger partial charge is 0.126 e. The quantitative estimate of drug-likeness (QED) is 0.642. The lowest BCUT2D eigenvalue weighted by molar-refractivity contribution is 0.291. The van der Waals surface area contributed by atoms with E-state index < -0.39 is 0 Å². The second-order valence-corrected chi connectivity index (χ2v) is 10.6. The summed E-state index contributed by atoms with van der Waals surface area (Å²) in [6, 6.07) is 4.74. The molecule has 0 spiro atoms. The lowest BCUT2D eigenvalue weighted by Crippen LogP contribution is -2.21. The van der Waals surface area contributed by atoms with E-state index in [4.69, 9.17) is 10.5 Å². The zero-order valence-electron chi connectivity index (χ0n) is 18.2. The van der Waals surface area contributed by atoms with Crippen LogP contribution in [-0.2, 0) is 17.3 Å². The molecule has 0 saturated carbocycles. The molecular weight excluding hydrogens is 306 g/mol. The van der Waals surface area contributed by atoms with Crippen LogP contribution in [0.15, 0.2) is 12.1 Å². The summed E-state index contributed by atoms with van der Waals surface area (Å²) in [5.74, 6) is 1.10. The molecule has 0 amide bonds. The van der Waals surface area contributed by atoms with E-state index in [-0.39, 0.29) is 16.2 Å². The van der Waals surface area contributed by atoms with E-state index in [1.165, 1.54) is 16.7 Å². The van der Waals surface area contributed by atoms with Crippen LogP contribution in [0.3, 0.4) is 0 Å². The van der Waals surface area contributed by atoms with Crippen LogP contribution in [0.5, 0.6) is 5.75 Å². The van der Waals surface area contributed by atoms with Gasteiger partial charge in [-0.2, -0.15) is 0 Å². The van der Waals surface area contributed by atoms with E-state index in [0.29, 0.717) is 0 Å². The second kappa shape index (κ2) is 8.12. The summed E-state index contributed by atoms with van der Waals surface area (Å²) in [4.78, 5) is 0. The first-order valence-electron chi connectivity index (χ1n) is 9.76. The Morgan fingerprint density at radius 3 is 1.88 bits per heavy atom. The van der Waals surface area contributed by atoms with Gasteiger partial charge in [-0.05, 0) is 53.2 Å². The van der Waals surface area contributed by atoms with Crippen LogP contribution in [0.25, 0.3) is 0 Å². The minimum atomic E-state index is 0.0527. The Balaban J connectivity index is 3.45. The van der Waals surface area contributed by atoms with Crippen LogP contribution in [0.4, 0.5) is 0 Å². The normalized spacial score (nSPS) is 13.2. The van der Waals surface area contributed by atoms with Gasteiger partial charge < -0.3 is 10.5 Å². The highest BCUT2D eigenvalue weighted by molar-refractivity contribution is 5.50. The van der Waals surface area contributed by atoms with Crippen molar-refractivity contribution in [3.05, 3.63) is 28.8 Å². The first-order valence-corrected chi connectivity index (χ1v) is 9.76. The Morgan fingerprint density at radius 2 is 1.44 bits per heavy atom. The molecule has 0 unspecified atom stereocenters. The zero-order chi connectivity index (χ0) is 19.5. The molecule has 25 heavy (non-hydrogen) atoms. The van der Waals surface area contributed by atoms with E-state index in [9.17, 15) is 0 Å². The van der Waals surface area contributed by atoms with Gasteiger partial charge >= 0.3 is 0 Å². The van der Waals surface area contributed by atoms with Crippen LogP contribution in [0.2, 0.25) is 0 Å². The molecule has 0 fully saturated rings. The van der Waals surface area contributed by atoms with Gasteiger partial charge in [0.25, 0.3) is 0 Å². The number of benzene rings is 1. The molecule has 0 aromatic heterocycles. The predicted molar refractivity (Wildman–Crippen MR) is 111 cm³/mol. The maximum Gasteiger partial charge on any atom is 0.126 e. The molecule has 1 aromatic carbocycles. The summed E-state index contributed by atoms with van der Waals surface area (Å²) in [7, 11) is 0. The molecule has 2 heteroatoms. The molecule has 0 radical (unpaired) electrons. The maximum atomic E-state index is 6.35. The lowest BCUT2D eigenvalue weighted by atomic mass is 9.76. The number of unbranched alkanes of at least 4 members (excludes halogenated alkanes) is 1. The Morgan fingerprint density at radius 1 is 0.840 bits per heavy atom. The van der Waals surface area contributed by atoms with Crippen molar-refractivity contribution < 1.29 is 4.74 Å². The van der Waals surface area contributed by atoms with Crippen LogP contribution in [-0.4, -0.2) is 13.2 Å². The fourth-order valence-electron chi connectivity index (χ4n) is 2.97. The zero-order valence-corrected chi connectivity index (χ0v) is 18.2. The minimum Gasteiger partial charge on any atom is -0.493 e. The topological polar surface area (TPSA) is 35.2 Å². The van der Waals surface area contributed by atoms with Gasteiger partial charge in [-0.15, -0.1) is 0 Å². The van der Waals surface area contributed by atoms with E-state index >= 15 is 0 Å². The first kappa shape index (κ1) is 22.0. The van der Waals surface area contributed by atoms with Crippen LogP contribution < -0.4 is 10.5 Å². The predicted octanol–water partition coefficient (Wildman–Crippen LogP) is 5.99. The third-order valence-corrected chi connectivity index (χ3v) is 4.41. The summed E-state index contributed by atoms with van der Waals surface area (Å²) in [5.41, 5.74) is 10.1. The van der Waals surface area contributed by atoms with E-state index in [2.05, 4.69) is 74.4 Å². The third kappa shape index (κ3) is 7.01. The first-order chi connectivity index (χ1) is 11.3. The maximum absolute atomic E-state index is 6.35. The van der Waals surface area contributed by atoms with Crippen LogP contribution >= 0.6 is 0 Å². The molecule has 0 aliphatic carbocycles. The highest BCUT2D eigenvalue weighted by Crippen LogP contribution is 2.40. The van der Waals surface area contributed by atoms with Gasteiger partial charge in [0.1, 0.15) is 5.75 Å². The van der Waals surface area contributed by atoms with E-state index in [1.54, 1.807) is 0 Å². The largest absolute Gasteiger partial charge is 0.493 e. The average Bonchev–Trinajstić information content (AvgIpc) is 2.40. The Kier molecular flexibility index (Phi) is 7.15. The van der Waals surface area contributed by atoms with Crippen molar-refractivity contribution in [3.8, 4) is 5.75 Å². The highest BCUT2D eigenvalue weighted by atomic mass is 16.5. The summed E-state index contributed by atoms with van der Waals surface area (Å²) in [5, 5.41) is 0. The van der Waals surface area contributed by atoms with Crippen LogP contribution in [0, 0.1) is 5.41 Å². The van der Waals surface area contributed by atoms with Gasteiger partial charge in [-0.3, -0.25) is 0 Å². The van der Waals surface area contributed by atoms with Crippen molar-refractivity contribution in [1.29, 1.82) is 0 Å². The molecule has 2 N–H and O–H groups in total. The average molecular weight is 348 g/mol. The van der Waals surface area contributed by atoms with E-state index in [0.717, 1.165) is 38.2 Å². The number of hydrogen-bond acceptors (Lipinski definition) is 2. The Bertz CT molecular complexity index is 553. The molecule has 1 rings (SSSR count). The standard InChI is InChI=1S/C23H41NO/c1-21(2,3)16-17-14-18(22(4,5)6)15-19(23(7,8)9)20(17)25-13-11-10-12-24/h14-15H,10-13,16,24H2,1-9H3. The summed E-state index contributed by atoms with van der Waals surface area (Å²) < 4.78 is 6.35. The van der Waals surface area contributed by atoms with Gasteiger partial charge in [-0.25, -0.2) is 0 Å². The SMILES string of the molecule is CC(C)(C)Cc1cc(C(C)(C)C)cc(C(C)(C)C)c1OCCCCN. The van der Waals surface area contributed by atoms with Crippen LogP contribution in [0.1, 0.15) is 91.8 Å². The molecule has 0 atom stereocenters. The molecule has 0 aliphatic rings. The molecule has 2 nitrogen and oxygen atoms in total. The summed E-state index contributed by atoms with van der Waals surface area (Å²) >= 11 is 0. The fourth-order valence-corrected chi connectivity index (χ4v) is 2.97. The van der Waals surface area contributed by atoms with E-state index in [1.807, 2.05) is 0 Å². The monoisotopic (exact) mass is 347 g/mol. The Labute approximate surface area is 156 Å². The minimum absolute atomic E-state index is 0.0527. The molecule has 0 heterocycles. The van der Waals surface area contributed by atoms with Gasteiger partial charge in [0, 0.05) is 5.56 Å². The molecule has 0 saturated heterocycles. The van der Waals surface area contributed by atoms with Gasteiger partial charge in [-0.1, -0.05) is 74.4 Å². The van der Waals surface area contributed by atoms with Gasteiger partial charge in [0.15, 0.2) is 0 Å². The number of nitrogens with two attached hydrogens (primary N) is 1. The van der Waals surface area contributed by atoms with Gasteiger partial charge in [0.2, 0.25) is 0 Å². The molecule has 1 aromatic rings. The van der Waals surface area contributed by atoms with Crippen molar-refractivity contribution >= 4 is 0 Å². The van der Waals surface area contributed by atoms with Crippen molar-refractivity contribution in [3.63, 3.8) is 0 Å². The summed E-state index contributed by atoms with van der Waals surface area (Å²) in [6.45, 7) is 22.1. The second-order valence-electron chi connectivity index (χ2n) is 10.6. The number of ether oxygens (including phenoxy) is 1. The fraction of sp³-hybridized carbons (Fsp3) is 0.739. The molecular formula is C23H41NO. The number of hydrogen-bond donors (Lipinski definition) is 1. The molecule has 0 bridgehead atoms. The van der Waals surface area contributed by atoms with Crippen molar-refractivity contribution in [2.24, 2.45) is 11.1 Å². The van der Waals surface area contributed by atoms with Gasteiger partial charge in [0.05, 0.1) is 6.61 Å². The van der Waals surface area contributed by atoms with Crippen molar-refractivity contribution in [1.82, 2.24) is 0 Å². The molecule has 144 valence electrons. The summed E-state index contributed by atoms with van der Waals surface area (Å²) in [6.07, 6.45) is 3.04. The number of rotatable bonds is 6. The molecule has 0 aliphatic heterocycles. The lowest BCUT2D eigenvalue weighted by Gasteiger charge is -2.31.